The molecule has 2 saturated heterocycles. The highest BCUT2D eigenvalue weighted by atomic mass is 32.2. The Balaban J connectivity index is 0.000000412. The number of hydrogen-bond donors (Lipinski definition) is 6. The van der Waals surface area contributed by atoms with Gasteiger partial charge in [0.15, 0.2) is 0 Å². The van der Waals surface area contributed by atoms with Crippen molar-refractivity contribution in [1.29, 1.82) is 0 Å². The normalized spacial score (nSPS) is 32.2. The Morgan fingerprint density at radius 2 is 0.750 bits per heavy atom. The summed E-state index contributed by atoms with van der Waals surface area (Å²) in [6, 6.07) is 8.28. The lowest BCUT2D eigenvalue weighted by molar-refractivity contribution is -0.0514. The van der Waals surface area contributed by atoms with Gasteiger partial charge in [0.05, 0.1) is 24.4 Å². The summed E-state index contributed by atoms with van der Waals surface area (Å²) >= 11 is 0. The molecule has 0 saturated carbocycles. The van der Waals surface area contributed by atoms with Gasteiger partial charge in [0.1, 0.15) is 0 Å². The van der Waals surface area contributed by atoms with E-state index in [1.807, 2.05) is 39.8 Å². The molecule has 0 unspecified atom stereocenters. The fourth-order valence-corrected chi connectivity index (χ4v) is 11.5. The van der Waals surface area contributed by atoms with Crippen molar-refractivity contribution in [2.45, 2.75) is 85.8 Å². The lowest BCUT2D eigenvalue weighted by Gasteiger charge is -2.30. The highest BCUT2D eigenvalue weighted by molar-refractivity contribution is 7.86. The molecule has 0 aliphatic carbocycles. The SMILES string of the molecule is C[C@@H]1[C@@H](O)[C@H](O)[C@@H](C)P1c1ccccc1P1[C@H](C)[C@@H](O)[C@H](O)[C@H]1C.O=S(=O)(O)C(F)(F)F.O=S(=O)(O)C(F)(F)F. The highest BCUT2D eigenvalue weighted by Crippen LogP contribution is 2.59. The molecule has 6 N–H and O–H groups in total. The van der Waals surface area contributed by atoms with E-state index in [0.29, 0.717) is 0 Å². The fraction of sp³-hybridized carbons (Fsp3) is 0.700. The summed E-state index contributed by atoms with van der Waals surface area (Å²) in [5.74, 6) is 0. The molecule has 2 aliphatic heterocycles. The largest absolute Gasteiger partial charge is 0.522 e. The lowest BCUT2D eigenvalue weighted by atomic mass is 10.1. The number of benzene rings is 1. The molecule has 3 rings (SSSR count). The first-order valence-electron chi connectivity index (χ1n) is 11.2. The molecule has 0 bridgehead atoms. The smallest absolute Gasteiger partial charge is 0.390 e. The van der Waals surface area contributed by atoms with Gasteiger partial charge in [-0.15, -0.1) is 0 Å². The van der Waals surface area contributed by atoms with Gasteiger partial charge in [-0.25, -0.2) is 0 Å². The number of hydrogen-bond acceptors (Lipinski definition) is 8. The number of alkyl halides is 6. The molecule has 234 valence electrons. The number of aliphatic hydroxyl groups excluding tert-OH is 4. The van der Waals surface area contributed by atoms with Crippen LogP contribution in [-0.2, 0) is 20.2 Å². The number of rotatable bonds is 2. The molecule has 1 aromatic carbocycles. The molecule has 40 heavy (non-hydrogen) atoms. The predicted molar refractivity (Wildman–Crippen MR) is 137 cm³/mol. The van der Waals surface area contributed by atoms with Crippen molar-refractivity contribution in [3.8, 4) is 0 Å². The Bertz CT molecular complexity index is 1090. The van der Waals surface area contributed by atoms with Crippen molar-refractivity contribution in [2.24, 2.45) is 0 Å². The standard InChI is InChI=1S/C18H28O4P2.2CHF3O3S/c1-9-15(19)16(20)10(2)23(9)13-7-5-6-8-14(13)24-11(3)17(21)18(22)12(24)4;2*2-1(3,4)8(5,6)7/h5-12,15-22H,1-4H3;2*(H,5,6,7)/t9-,10-,11-,12-,15-,16-,17-,18-;;/m1../s1. The van der Waals surface area contributed by atoms with Crippen molar-refractivity contribution in [3.63, 3.8) is 0 Å². The van der Waals surface area contributed by atoms with E-state index < -0.39 is 71.5 Å². The third-order valence-corrected chi connectivity index (χ3v) is 14.4. The summed E-state index contributed by atoms with van der Waals surface area (Å²) in [7, 11) is -13.1. The summed E-state index contributed by atoms with van der Waals surface area (Å²) in [5.41, 5.74) is -10.9. The summed E-state index contributed by atoms with van der Waals surface area (Å²) < 4.78 is 115. The molecule has 10 nitrogen and oxygen atoms in total. The van der Waals surface area contributed by atoms with E-state index in [-0.39, 0.29) is 22.6 Å². The van der Waals surface area contributed by atoms with Gasteiger partial charge < -0.3 is 20.4 Å². The van der Waals surface area contributed by atoms with E-state index in [4.69, 9.17) is 25.9 Å². The van der Waals surface area contributed by atoms with Gasteiger partial charge in [-0.2, -0.15) is 43.2 Å². The zero-order valence-electron chi connectivity index (χ0n) is 21.2. The zero-order chi connectivity index (χ0) is 31.8. The maximum Gasteiger partial charge on any atom is 0.522 e. The predicted octanol–water partition coefficient (Wildman–Crippen LogP) is 1.71. The van der Waals surface area contributed by atoms with Crippen molar-refractivity contribution in [1.82, 2.24) is 0 Å². The van der Waals surface area contributed by atoms with E-state index in [1.165, 1.54) is 10.6 Å². The van der Waals surface area contributed by atoms with Crippen LogP contribution in [0.1, 0.15) is 27.7 Å². The molecular weight excluding hydrogens is 640 g/mol. The zero-order valence-corrected chi connectivity index (χ0v) is 24.6. The Hall–Kier alpha value is -0.680. The van der Waals surface area contributed by atoms with Gasteiger partial charge in [-0.05, 0) is 10.6 Å². The molecule has 2 heterocycles. The van der Waals surface area contributed by atoms with Gasteiger partial charge in [-0.3, -0.25) is 9.11 Å². The monoisotopic (exact) mass is 670 g/mol. The first-order valence-corrected chi connectivity index (χ1v) is 17.1. The van der Waals surface area contributed by atoms with Crippen molar-refractivity contribution in [2.75, 3.05) is 0 Å². The van der Waals surface area contributed by atoms with Crippen LogP contribution in [0, 0.1) is 0 Å². The molecule has 0 amide bonds. The van der Waals surface area contributed by atoms with E-state index in [1.54, 1.807) is 0 Å². The van der Waals surface area contributed by atoms with Gasteiger partial charge >= 0.3 is 31.3 Å². The highest BCUT2D eigenvalue weighted by Gasteiger charge is 2.50. The molecule has 1 aromatic rings. The second kappa shape index (κ2) is 13.3. The average molecular weight is 671 g/mol. The maximum atomic E-state index is 10.7. The van der Waals surface area contributed by atoms with Crippen molar-refractivity contribution in [3.05, 3.63) is 24.3 Å². The van der Waals surface area contributed by atoms with Gasteiger partial charge in [0.25, 0.3) is 0 Å². The topological polar surface area (TPSA) is 190 Å². The van der Waals surface area contributed by atoms with Crippen LogP contribution in [-0.4, -0.2) is 104 Å². The Labute approximate surface area is 229 Å². The van der Waals surface area contributed by atoms with Crippen LogP contribution in [0.5, 0.6) is 0 Å². The van der Waals surface area contributed by atoms with E-state index >= 15 is 0 Å². The number of halogens is 6. The van der Waals surface area contributed by atoms with Crippen LogP contribution >= 0.6 is 15.8 Å². The fourth-order valence-electron chi connectivity index (χ4n) is 4.32. The van der Waals surface area contributed by atoms with Crippen molar-refractivity contribution < 1.29 is 72.7 Å². The summed E-state index contributed by atoms with van der Waals surface area (Å²) in [4.78, 5) is 0. The number of aliphatic hydroxyl groups is 4. The quantitative estimate of drug-likeness (QED) is 0.117. The first-order chi connectivity index (χ1) is 17.8. The Morgan fingerprint density at radius 1 is 0.575 bits per heavy atom. The van der Waals surface area contributed by atoms with Crippen molar-refractivity contribution >= 4 is 46.7 Å². The molecule has 0 radical (unpaired) electrons. The van der Waals surface area contributed by atoms with Crippen LogP contribution in [0.25, 0.3) is 0 Å². The van der Waals surface area contributed by atoms with E-state index in [0.717, 1.165) is 0 Å². The molecular formula is C20H30F6O10P2S2. The lowest BCUT2D eigenvalue weighted by Crippen LogP contribution is -2.30. The minimum Gasteiger partial charge on any atom is -0.390 e. The molecule has 0 spiro atoms. The van der Waals surface area contributed by atoms with Gasteiger partial charge in [0.2, 0.25) is 0 Å². The molecule has 8 atom stereocenters. The minimum absolute atomic E-state index is 0.0456. The van der Waals surface area contributed by atoms with Gasteiger partial charge in [-0.1, -0.05) is 67.8 Å². The first kappa shape index (κ1) is 37.3. The van der Waals surface area contributed by atoms with Crippen LogP contribution in [0.3, 0.4) is 0 Å². The Morgan fingerprint density at radius 3 is 0.900 bits per heavy atom. The third kappa shape index (κ3) is 8.45. The van der Waals surface area contributed by atoms with Crippen LogP contribution in [0.15, 0.2) is 24.3 Å². The minimum atomic E-state index is -5.84. The second-order valence-electron chi connectivity index (χ2n) is 9.07. The Kier molecular flexibility index (Phi) is 12.4. The molecule has 20 heteroatoms. The van der Waals surface area contributed by atoms with Gasteiger partial charge in [0, 0.05) is 22.6 Å². The summed E-state index contributed by atoms with van der Waals surface area (Å²) in [5, 5.41) is 43.7. The maximum absolute atomic E-state index is 10.7. The average Bonchev–Trinajstić information content (AvgIpc) is 3.10. The summed E-state index contributed by atoms with van der Waals surface area (Å²) in [6.07, 6.45) is -2.72. The van der Waals surface area contributed by atoms with E-state index in [9.17, 15) is 46.8 Å². The third-order valence-electron chi connectivity index (χ3n) is 6.45. The molecule has 2 fully saturated rings. The van der Waals surface area contributed by atoms with E-state index in [2.05, 4.69) is 12.1 Å². The molecule has 0 aromatic heterocycles. The van der Waals surface area contributed by atoms with Crippen LogP contribution in [0.2, 0.25) is 0 Å². The molecule has 2 aliphatic rings. The van der Waals surface area contributed by atoms with Crippen LogP contribution in [0.4, 0.5) is 26.3 Å². The van der Waals surface area contributed by atoms with Crippen LogP contribution < -0.4 is 10.6 Å². The summed E-state index contributed by atoms with van der Waals surface area (Å²) in [6.45, 7) is 8.10. The second-order valence-corrected chi connectivity index (χ2v) is 17.7.